The highest BCUT2D eigenvalue weighted by atomic mass is 35.5. The molecule has 6 heteroatoms. The molecular formula is C19H19Cl2N3O. The van der Waals surface area contributed by atoms with Gasteiger partial charge in [0.15, 0.2) is 0 Å². The molecule has 0 saturated heterocycles. The predicted octanol–water partition coefficient (Wildman–Crippen LogP) is 5.03. The first-order valence-corrected chi connectivity index (χ1v) is 8.93. The number of nitrogens with zero attached hydrogens (tertiary/aromatic N) is 3. The molecule has 0 aliphatic carbocycles. The van der Waals surface area contributed by atoms with E-state index in [0.717, 1.165) is 22.0 Å². The summed E-state index contributed by atoms with van der Waals surface area (Å²) in [6.07, 6.45) is 0. The van der Waals surface area contributed by atoms with E-state index in [9.17, 15) is 4.79 Å². The number of aryl methyl sites for hydroxylation is 1. The number of benzene rings is 2. The number of hydrogen-bond acceptors (Lipinski definition) is 2. The lowest BCUT2D eigenvalue weighted by molar-refractivity contribution is 0.0764. The maximum Gasteiger partial charge on any atom is 0.272 e. The van der Waals surface area contributed by atoms with Crippen LogP contribution in [0.25, 0.3) is 22.0 Å². The van der Waals surface area contributed by atoms with E-state index >= 15 is 0 Å². The number of fused-ring (bicyclic) bond motifs is 1. The highest BCUT2D eigenvalue weighted by Gasteiger charge is 2.22. The molecule has 0 atom stereocenters. The summed E-state index contributed by atoms with van der Waals surface area (Å²) in [5, 5.41) is 6.57. The van der Waals surface area contributed by atoms with Crippen molar-refractivity contribution in [2.45, 2.75) is 13.8 Å². The highest BCUT2D eigenvalue weighted by molar-refractivity contribution is 6.36. The van der Waals surface area contributed by atoms with Crippen LogP contribution in [0.3, 0.4) is 0 Å². The van der Waals surface area contributed by atoms with Gasteiger partial charge < -0.3 is 4.90 Å². The summed E-state index contributed by atoms with van der Waals surface area (Å²) < 4.78 is 1.65. The summed E-state index contributed by atoms with van der Waals surface area (Å²) in [5.74, 6) is -0.0191. The Kier molecular flexibility index (Phi) is 5.02. The lowest BCUT2D eigenvalue weighted by Crippen LogP contribution is -2.32. The van der Waals surface area contributed by atoms with E-state index in [0.29, 0.717) is 28.8 Å². The van der Waals surface area contributed by atoms with Gasteiger partial charge in [0.05, 0.1) is 0 Å². The van der Waals surface area contributed by atoms with Crippen molar-refractivity contribution in [3.05, 3.63) is 52.1 Å². The molecule has 3 aromatic rings. The molecule has 0 fully saturated rings. The van der Waals surface area contributed by atoms with E-state index in [1.54, 1.807) is 28.8 Å². The van der Waals surface area contributed by atoms with Crippen molar-refractivity contribution in [1.82, 2.24) is 14.7 Å². The Morgan fingerprint density at radius 2 is 1.84 bits per heavy atom. The van der Waals surface area contributed by atoms with Crippen molar-refractivity contribution in [1.29, 1.82) is 0 Å². The zero-order valence-electron chi connectivity index (χ0n) is 14.4. The molecular weight excluding hydrogens is 357 g/mol. The lowest BCUT2D eigenvalue weighted by Gasteiger charge is -2.18. The second kappa shape index (κ2) is 7.06. The Hall–Kier alpha value is -2.04. The minimum atomic E-state index is -0.0191. The summed E-state index contributed by atoms with van der Waals surface area (Å²) in [5.41, 5.74) is 3.07. The van der Waals surface area contributed by atoms with Crippen LogP contribution in [0.2, 0.25) is 10.0 Å². The average molecular weight is 376 g/mol. The van der Waals surface area contributed by atoms with Crippen LogP contribution in [0.15, 0.2) is 36.4 Å². The first-order chi connectivity index (χ1) is 12.0. The standard InChI is InChI=1S/C19H19Cl2N3O/c1-4-24(5-2)19(25)18-15-8-6-7-14(17(15)22-23(18)3)13-10-9-12(20)11-16(13)21/h6-11H,4-5H2,1-3H3. The molecule has 25 heavy (non-hydrogen) atoms. The lowest BCUT2D eigenvalue weighted by atomic mass is 10.0. The first kappa shape index (κ1) is 17.8. The maximum absolute atomic E-state index is 12.9. The number of halogens is 2. The van der Waals surface area contributed by atoms with Crippen LogP contribution < -0.4 is 0 Å². The minimum absolute atomic E-state index is 0.0191. The molecule has 0 unspecified atom stereocenters. The first-order valence-electron chi connectivity index (χ1n) is 8.18. The van der Waals surface area contributed by atoms with Crippen molar-refractivity contribution in [2.24, 2.45) is 7.05 Å². The summed E-state index contributed by atoms with van der Waals surface area (Å²) >= 11 is 12.4. The third kappa shape index (κ3) is 3.12. The van der Waals surface area contributed by atoms with Gasteiger partial charge in [-0.25, -0.2) is 0 Å². The molecule has 0 aliphatic heterocycles. The van der Waals surface area contributed by atoms with Crippen LogP contribution in [0.5, 0.6) is 0 Å². The summed E-state index contributed by atoms with van der Waals surface area (Å²) in [4.78, 5) is 14.7. The van der Waals surface area contributed by atoms with Crippen molar-refractivity contribution < 1.29 is 4.79 Å². The molecule has 0 saturated carbocycles. The number of carbonyl (C=O) groups is 1. The molecule has 130 valence electrons. The Morgan fingerprint density at radius 1 is 1.12 bits per heavy atom. The minimum Gasteiger partial charge on any atom is -0.338 e. The Balaban J connectivity index is 2.22. The number of rotatable bonds is 4. The van der Waals surface area contributed by atoms with Crippen LogP contribution in [0, 0.1) is 0 Å². The van der Waals surface area contributed by atoms with Crippen LogP contribution >= 0.6 is 23.2 Å². The summed E-state index contributed by atoms with van der Waals surface area (Å²) in [7, 11) is 1.80. The molecule has 4 nitrogen and oxygen atoms in total. The maximum atomic E-state index is 12.9. The van der Waals surface area contributed by atoms with Gasteiger partial charge in [-0.15, -0.1) is 0 Å². The van der Waals surface area contributed by atoms with Gasteiger partial charge in [0.25, 0.3) is 5.91 Å². The van der Waals surface area contributed by atoms with Crippen molar-refractivity contribution in [3.63, 3.8) is 0 Å². The molecule has 1 aromatic heterocycles. The van der Waals surface area contributed by atoms with E-state index in [1.165, 1.54) is 0 Å². The van der Waals surface area contributed by atoms with Gasteiger partial charge in [-0.2, -0.15) is 5.10 Å². The molecule has 0 radical (unpaired) electrons. The average Bonchev–Trinajstić information content (AvgIpc) is 2.92. The van der Waals surface area contributed by atoms with Gasteiger partial charge in [-0.1, -0.05) is 47.5 Å². The van der Waals surface area contributed by atoms with E-state index in [1.807, 2.05) is 38.1 Å². The predicted molar refractivity (Wildman–Crippen MR) is 103 cm³/mol. The Labute approximate surface area is 156 Å². The van der Waals surface area contributed by atoms with E-state index < -0.39 is 0 Å². The van der Waals surface area contributed by atoms with Gasteiger partial charge in [0.2, 0.25) is 0 Å². The second-order valence-electron chi connectivity index (χ2n) is 5.78. The summed E-state index contributed by atoms with van der Waals surface area (Å²) in [6.45, 7) is 5.26. The number of aromatic nitrogens is 2. The SMILES string of the molecule is CCN(CC)C(=O)c1c2cccc(-c3ccc(Cl)cc3Cl)c2nn1C. The fraction of sp³-hybridized carbons (Fsp3) is 0.263. The van der Waals surface area contributed by atoms with Crippen molar-refractivity contribution in [3.8, 4) is 11.1 Å². The van der Waals surface area contributed by atoms with E-state index in [-0.39, 0.29) is 5.91 Å². The smallest absolute Gasteiger partial charge is 0.272 e. The largest absolute Gasteiger partial charge is 0.338 e. The number of amides is 1. The molecule has 2 aromatic carbocycles. The van der Waals surface area contributed by atoms with E-state index in [2.05, 4.69) is 5.10 Å². The molecule has 1 heterocycles. The Bertz CT molecular complexity index is 945. The molecule has 0 spiro atoms. The molecule has 3 rings (SSSR count). The van der Waals surface area contributed by atoms with Crippen LogP contribution in [-0.4, -0.2) is 33.7 Å². The zero-order valence-corrected chi connectivity index (χ0v) is 15.9. The molecule has 0 N–H and O–H groups in total. The molecule has 1 amide bonds. The number of carbonyl (C=O) groups excluding carboxylic acids is 1. The van der Waals surface area contributed by atoms with Crippen molar-refractivity contribution in [2.75, 3.05) is 13.1 Å². The summed E-state index contributed by atoms with van der Waals surface area (Å²) in [6, 6.07) is 11.2. The normalized spacial score (nSPS) is 11.1. The van der Waals surface area contributed by atoms with Gasteiger partial charge in [0.1, 0.15) is 11.2 Å². The van der Waals surface area contributed by atoms with Gasteiger partial charge in [-0.05, 0) is 26.0 Å². The Morgan fingerprint density at radius 3 is 2.48 bits per heavy atom. The molecule has 0 aliphatic rings. The van der Waals surface area contributed by atoms with Gasteiger partial charge in [-0.3, -0.25) is 9.48 Å². The topological polar surface area (TPSA) is 38.1 Å². The quantitative estimate of drug-likeness (QED) is 0.641. The fourth-order valence-electron chi connectivity index (χ4n) is 3.06. The monoisotopic (exact) mass is 375 g/mol. The highest BCUT2D eigenvalue weighted by Crippen LogP contribution is 2.35. The zero-order chi connectivity index (χ0) is 18.1. The number of hydrogen-bond donors (Lipinski definition) is 0. The molecule has 0 bridgehead atoms. The third-order valence-corrected chi connectivity index (χ3v) is 4.89. The third-order valence-electron chi connectivity index (χ3n) is 4.34. The van der Waals surface area contributed by atoms with Gasteiger partial charge in [0, 0.05) is 46.7 Å². The van der Waals surface area contributed by atoms with Gasteiger partial charge >= 0.3 is 0 Å². The fourth-order valence-corrected chi connectivity index (χ4v) is 3.57. The van der Waals surface area contributed by atoms with Crippen molar-refractivity contribution >= 4 is 40.0 Å². The van der Waals surface area contributed by atoms with E-state index in [4.69, 9.17) is 23.2 Å². The van der Waals surface area contributed by atoms with Crippen LogP contribution in [0.1, 0.15) is 24.3 Å². The second-order valence-corrected chi connectivity index (χ2v) is 6.62. The van der Waals surface area contributed by atoms with Crippen LogP contribution in [0.4, 0.5) is 0 Å². The van der Waals surface area contributed by atoms with Crippen LogP contribution in [-0.2, 0) is 7.05 Å².